The third kappa shape index (κ3) is 2.30. The molecule has 17 heavy (non-hydrogen) atoms. The SMILES string of the molecule is Cc1cc(Cn2nnc(N)c2C(C)(C)C)on1. The van der Waals surface area contributed by atoms with Crippen molar-refractivity contribution in [1.82, 2.24) is 20.2 Å². The minimum Gasteiger partial charge on any atom is -0.381 e. The Hall–Kier alpha value is -1.85. The summed E-state index contributed by atoms with van der Waals surface area (Å²) in [6.45, 7) is 8.60. The van der Waals surface area contributed by atoms with Gasteiger partial charge in [0.2, 0.25) is 0 Å². The molecule has 0 aliphatic carbocycles. The van der Waals surface area contributed by atoms with Crippen molar-refractivity contribution in [3.8, 4) is 0 Å². The van der Waals surface area contributed by atoms with Gasteiger partial charge in [-0.3, -0.25) is 0 Å². The molecule has 6 nitrogen and oxygen atoms in total. The first kappa shape index (κ1) is 11.6. The molecule has 0 fully saturated rings. The Balaban J connectivity index is 2.34. The number of aryl methyl sites for hydroxylation is 1. The first-order valence-corrected chi connectivity index (χ1v) is 5.49. The normalized spacial score (nSPS) is 12.0. The summed E-state index contributed by atoms with van der Waals surface area (Å²) in [6.07, 6.45) is 0. The number of hydrogen-bond acceptors (Lipinski definition) is 5. The molecule has 2 aromatic heterocycles. The summed E-state index contributed by atoms with van der Waals surface area (Å²) < 4.78 is 6.92. The van der Waals surface area contributed by atoms with Gasteiger partial charge in [0.05, 0.1) is 11.4 Å². The van der Waals surface area contributed by atoms with E-state index < -0.39 is 0 Å². The highest BCUT2D eigenvalue weighted by atomic mass is 16.5. The summed E-state index contributed by atoms with van der Waals surface area (Å²) in [4.78, 5) is 0. The highest BCUT2D eigenvalue weighted by molar-refractivity contribution is 5.38. The Kier molecular flexibility index (Phi) is 2.65. The van der Waals surface area contributed by atoms with Gasteiger partial charge in [0, 0.05) is 11.5 Å². The number of hydrogen-bond donors (Lipinski definition) is 1. The Morgan fingerprint density at radius 3 is 2.65 bits per heavy atom. The van der Waals surface area contributed by atoms with E-state index in [1.54, 1.807) is 4.68 Å². The lowest BCUT2D eigenvalue weighted by molar-refractivity contribution is 0.360. The molecule has 0 aromatic carbocycles. The van der Waals surface area contributed by atoms with Gasteiger partial charge in [0.15, 0.2) is 11.6 Å². The molecule has 6 heteroatoms. The summed E-state index contributed by atoms with van der Waals surface area (Å²) in [5.74, 6) is 1.21. The summed E-state index contributed by atoms with van der Waals surface area (Å²) in [7, 11) is 0. The van der Waals surface area contributed by atoms with Crippen LogP contribution in [0.4, 0.5) is 5.82 Å². The number of rotatable bonds is 2. The lowest BCUT2D eigenvalue weighted by Crippen LogP contribution is -2.20. The average molecular weight is 235 g/mol. The predicted octanol–water partition coefficient (Wildman–Crippen LogP) is 1.50. The van der Waals surface area contributed by atoms with Crippen LogP contribution in [0.1, 0.15) is 37.9 Å². The molecule has 0 bridgehead atoms. The minimum absolute atomic E-state index is 0.108. The van der Waals surface area contributed by atoms with Gasteiger partial charge in [-0.05, 0) is 6.92 Å². The standard InChI is InChI=1S/C11H17N5O/c1-7-5-8(17-14-7)6-16-9(11(2,3)4)10(12)13-15-16/h5H,6,12H2,1-4H3. The smallest absolute Gasteiger partial charge is 0.169 e. The van der Waals surface area contributed by atoms with Gasteiger partial charge in [-0.15, -0.1) is 5.10 Å². The van der Waals surface area contributed by atoms with Gasteiger partial charge < -0.3 is 10.3 Å². The maximum atomic E-state index is 5.85. The summed E-state index contributed by atoms with van der Waals surface area (Å²) in [5, 5.41) is 11.8. The lowest BCUT2D eigenvalue weighted by Gasteiger charge is -2.19. The molecule has 0 unspecified atom stereocenters. The topological polar surface area (TPSA) is 82.8 Å². The number of nitrogen functional groups attached to an aromatic ring is 1. The van der Waals surface area contributed by atoms with Gasteiger partial charge in [0.1, 0.15) is 6.54 Å². The van der Waals surface area contributed by atoms with Crippen LogP contribution in [0.5, 0.6) is 0 Å². The molecule has 0 amide bonds. The second-order valence-corrected chi connectivity index (χ2v) is 5.17. The van der Waals surface area contributed by atoms with Crippen molar-refractivity contribution in [3.05, 3.63) is 23.2 Å². The van der Waals surface area contributed by atoms with E-state index in [1.807, 2.05) is 13.0 Å². The van der Waals surface area contributed by atoms with Crippen LogP contribution in [0, 0.1) is 6.92 Å². The Morgan fingerprint density at radius 1 is 1.41 bits per heavy atom. The van der Waals surface area contributed by atoms with Crippen molar-refractivity contribution in [2.24, 2.45) is 0 Å². The van der Waals surface area contributed by atoms with Crippen molar-refractivity contribution in [3.63, 3.8) is 0 Å². The number of nitrogens with zero attached hydrogens (tertiary/aromatic N) is 4. The van der Waals surface area contributed by atoms with Crippen molar-refractivity contribution >= 4 is 5.82 Å². The molecule has 2 aromatic rings. The Bertz CT molecular complexity index is 520. The molecule has 2 heterocycles. The fraction of sp³-hybridized carbons (Fsp3) is 0.545. The molecule has 2 N–H and O–H groups in total. The molecule has 0 radical (unpaired) electrons. The van der Waals surface area contributed by atoms with Gasteiger partial charge in [-0.25, -0.2) is 4.68 Å². The first-order valence-electron chi connectivity index (χ1n) is 5.49. The largest absolute Gasteiger partial charge is 0.381 e. The van der Waals surface area contributed by atoms with Crippen molar-refractivity contribution in [1.29, 1.82) is 0 Å². The van der Waals surface area contributed by atoms with Crippen molar-refractivity contribution in [2.45, 2.75) is 39.7 Å². The molecule has 0 aliphatic heterocycles. The zero-order valence-corrected chi connectivity index (χ0v) is 10.6. The molecule has 92 valence electrons. The third-order valence-corrected chi connectivity index (χ3v) is 2.45. The number of aromatic nitrogens is 4. The zero-order valence-electron chi connectivity index (χ0n) is 10.6. The molecule has 0 spiro atoms. The van der Waals surface area contributed by atoms with Crippen LogP contribution in [0.25, 0.3) is 0 Å². The average Bonchev–Trinajstić information content (AvgIpc) is 2.73. The van der Waals surface area contributed by atoms with E-state index in [1.165, 1.54) is 0 Å². The fourth-order valence-corrected chi connectivity index (χ4v) is 1.85. The molecule has 0 atom stereocenters. The fourth-order valence-electron chi connectivity index (χ4n) is 1.85. The van der Waals surface area contributed by atoms with Gasteiger partial charge in [-0.2, -0.15) is 0 Å². The van der Waals surface area contributed by atoms with Gasteiger partial charge in [-0.1, -0.05) is 31.1 Å². The van der Waals surface area contributed by atoms with E-state index >= 15 is 0 Å². The Morgan fingerprint density at radius 2 is 2.12 bits per heavy atom. The predicted molar refractivity (Wildman–Crippen MR) is 63.5 cm³/mol. The van der Waals surface area contributed by atoms with E-state index in [-0.39, 0.29) is 5.41 Å². The Labute approximate surface area is 99.8 Å². The molecule has 0 saturated carbocycles. The van der Waals surface area contributed by atoms with E-state index in [0.717, 1.165) is 17.1 Å². The lowest BCUT2D eigenvalue weighted by atomic mass is 9.92. The maximum absolute atomic E-state index is 5.85. The van der Waals surface area contributed by atoms with Crippen LogP contribution in [-0.4, -0.2) is 20.2 Å². The monoisotopic (exact) mass is 235 g/mol. The molecular weight excluding hydrogens is 218 g/mol. The molecule has 0 saturated heterocycles. The quantitative estimate of drug-likeness (QED) is 0.852. The van der Waals surface area contributed by atoms with Crippen LogP contribution in [0.3, 0.4) is 0 Å². The first-order chi connectivity index (χ1) is 7.88. The van der Waals surface area contributed by atoms with Crippen LogP contribution < -0.4 is 5.73 Å². The van der Waals surface area contributed by atoms with Crippen LogP contribution in [0.15, 0.2) is 10.6 Å². The third-order valence-electron chi connectivity index (χ3n) is 2.45. The van der Waals surface area contributed by atoms with E-state index in [4.69, 9.17) is 10.3 Å². The summed E-state index contributed by atoms with van der Waals surface area (Å²) in [6, 6.07) is 1.88. The minimum atomic E-state index is -0.108. The second-order valence-electron chi connectivity index (χ2n) is 5.17. The van der Waals surface area contributed by atoms with Gasteiger partial charge >= 0.3 is 0 Å². The highest BCUT2D eigenvalue weighted by Gasteiger charge is 2.24. The van der Waals surface area contributed by atoms with Crippen molar-refractivity contribution < 1.29 is 4.52 Å². The van der Waals surface area contributed by atoms with Crippen LogP contribution in [0.2, 0.25) is 0 Å². The van der Waals surface area contributed by atoms with Gasteiger partial charge in [0.25, 0.3) is 0 Å². The zero-order chi connectivity index (χ0) is 12.6. The van der Waals surface area contributed by atoms with E-state index in [2.05, 4.69) is 36.2 Å². The van der Waals surface area contributed by atoms with E-state index in [0.29, 0.717) is 12.4 Å². The maximum Gasteiger partial charge on any atom is 0.169 e. The summed E-state index contributed by atoms with van der Waals surface area (Å²) >= 11 is 0. The van der Waals surface area contributed by atoms with Crippen LogP contribution in [-0.2, 0) is 12.0 Å². The molecular formula is C11H17N5O. The number of nitrogens with two attached hydrogens (primary N) is 1. The second kappa shape index (κ2) is 3.87. The highest BCUT2D eigenvalue weighted by Crippen LogP contribution is 2.26. The van der Waals surface area contributed by atoms with Crippen molar-refractivity contribution in [2.75, 3.05) is 5.73 Å². The van der Waals surface area contributed by atoms with Crippen LogP contribution >= 0.6 is 0 Å². The molecule has 0 aliphatic rings. The summed E-state index contributed by atoms with van der Waals surface area (Å²) in [5.41, 5.74) is 7.50. The van der Waals surface area contributed by atoms with E-state index in [9.17, 15) is 0 Å². The molecule has 2 rings (SSSR count). The number of anilines is 1.